The number of nitrogens with one attached hydrogen (secondary N) is 1. The van der Waals surface area contributed by atoms with E-state index in [1.165, 1.54) is 0 Å². The van der Waals surface area contributed by atoms with Gasteiger partial charge >= 0.3 is 0 Å². The van der Waals surface area contributed by atoms with Crippen molar-refractivity contribution < 1.29 is 9.53 Å². The first kappa shape index (κ1) is 15.9. The zero-order valence-corrected chi connectivity index (χ0v) is 13.3. The van der Waals surface area contributed by atoms with Gasteiger partial charge in [0.2, 0.25) is 5.91 Å². The van der Waals surface area contributed by atoms with Gasteiger partial charge in [-0.05, 0) is 26.0 Å². The maximum absolute atomic E-state index is 12.5. The Hall–Kier alpha value is -1.46. The van der Waals surface area contributed by atoms with Gasteiger partial charge in [-0.3, -0.25) is 9.78 Å². The summed E-state index contributed by atoms with van der Waals surface area (Å²) in [4.78, 5) is 16.8. The largest absolute Gasteiger partial charge is 0.378 e. The number of rotatable bonds is 5. The summed E-state index contributed by atoms with van der Waals surface area (Å²) in [6.07, 6.45) is 0.594. The van der Waals surface area contributed by atoms with Crippen LogP contribution in [-0.2, 0) is 16.1 Å². The van der Waals surface area contributed by atoms with E-state index in [2.05, 4.69) is 10.3 Å². The smallest absolute Gasteiger partial charge is 0.241 e. The minimum atomic E-state index is -0.878. The fourth-order valence-corrected chi connectivity index (χ4v) is 2.85. The van der Waals surface area contributed by atoms with E-state index >= 15 is 0 Å². The average molecular weight is 291 g/mol. The number of carbonyl (C=O) groups is 1. The van der Waals surface area contributed by atoms with Crippen molar-refractivity contribution in [1.29, 1.82) is 0 Å². The number of amides is 1. The molecule has 116 valence electrons. The zero-order chi connectivity index (χ0) is 15.7. The van der Waals surface area contributed by atoms with Gasteiger partial charge in [-0.15, -0.1) is 0 Å². The topological polar surface area (TPSA) is 77.2 Å². The lowest BCUT2D eigenvalue weighted by Gasteiger charge is -2.57. The van der Waals surface area contributed by atoms with Crippen LogP contribution < -0.4 is 11.1 Å². The first-order chi connectivity index (χ1) is 9.81. The summed E-state index contributed by atoms with van der Waals surface area (Å²) in [6, 6.07) is 5.75. The standard InChI is InChI=1S/C16H25N3O2/c1-5-21-13-9-16(17,15(13,3)4)14(20)18-10-12-8-6-7-11(2)19-12/h6-8,13H,5,9-10,17H2,1-4H3,(H,18,20). The predicted octanol–water partition coefficient (Wildman–Crippen LogP) is 1.54. The first-order valence-corrected chi connectivity index (χ1v) is 7.42. The molecular weight excluding hydrogens is 266 g/mol. The van der Waals surface area contributed by atoms with Crippen molar-refractivity contribution in [3.8, 4) is 0 Å². The highest BCUT2D eigenvalue weighted by Gasteiger charge is 2.62. The lowest BCUT2D eigenvalue weighted by atomic mass is 9.54. The van der Waals surface area contributed by atoms with Crippen molar-refractivity contribution >= 4 is 5.91 Å². The Morgan fingerprint density at radius 2 is 2.24 bits per heavy atom. The molecular formula is C16H25N3O2. The molecule has 1 fully saturated rings. The first-order valence-electron chi connectivity index (χ1n) is 7.42. The Morgan fingerprint density at radius 3 is 2.81 bits per heavy atom. The van der Waals surface area contributed by atoms with Crippen molar-refractivity contribution in [2.75, 3.05) is 6.61 Å². The molecule has 0 radical (unpaired) electrons. The second kappa shape index (κ2) is 5.73. The van der Waals surface area contributed by atoms with Crippen LogP contribution in [0.3, 0.4) is 0 Å². The summed E-state index contributed by atoms with van der Waals surface area (Å²) >= 11 is 0. The Labute approximate surface area is 126 Å². The predicted molar refractivity (Wildman–Crippen MR) is 81.6 cm³/mol. The van der Waals surface area contributed by atoms with Crippen LogP contribution in [-0.4, -0.2) is 29.1 Å². The highest BCUT2D eigenvalue weighted by Crippen LogP contribution is 2.49. The van der Waals surface area contributed by atoms with Gasteiger partial charge in [-0.25, -0.2) is 0 Å². The third kappa shape index (κ3) is 2.80. The van der Waals surface area contributed by atoms with Crippen LogP contribution in [0.1, 0.15) is 38.6 Å². The summed E-state index contributed by atoms with van der Waals surface area (Å²) in [7, 11) is 0. The van der Waals surface area contributed by atoms with Gasteiger partial charge in [-0.2, -0.15) is 0 Å². The molecule has 5 heteroatoms. The molecule has 21 heavy (non-hydrogen) atoms. The molecule has 1 heterocycles. The van der Waals surface area contributed by atoms with Gasteiger partial charge in [0.05, 0.1) is 18.3 Å². The number of aromatic nitrogens is 1. The lowest BCUT2D eigenvalue weighted by molar-refractivity contribution is -0.170. The quantitative estimate of drug-likeness (QED) is 0.862. The number of aryl methyl sites for hydroxylation is 1. The molecule has 1 amide bonds. The van der Waals surface area contributed by atoms with Gasteiger partial charge in [-0.1, -0.05) is 19.9 Å². The van der Waals surface area contributed by atoms with Crippen molar-refractivity contribution in [3.05, 3.63) is 29.6 Å². The monoisotopic (exact) mass is 291 g/mol. The van der Waals surface area contributed by atoms with Gasteiger partial charge in [0, 0.05) is 24.1 Å². The summed E-state index contributed by atoms with van der Waals surface area (Å²) < 4.78 is 5.64. The molecule has 1 aliphatic carbocycles. The summed E-state index contributed by atoms with van der Waals surface area (Å²) in [5.74, 6) is -0.133. The Kier molecular flexibility index (Phi) is 4.35. The Bertz CT molecular complexity index is 530. The Morgan fingerprint density at radius 1 is 1.52 bits per heavy atom. The normalized spacial score (nSPS) is 27.0. The minimum Gasteiger partial charge on any atom is -0.378 e. The third-order valence-corrected chi connectivity index (χ3v) is 4.61. The number of pyridine rings is 1. The van der Waals surface area contributed by atoms with E-state index in [4.69, 9.17) is 10.5 Å². The van der Waals surface area contributed by atoms with Crippen LogP contribution in [0, 0.1) is 12.3 Å². The van der Waals surface area contributed by atoms with Gasteiger partial charge in [0.1, 0.15) is 5.54 Å². The van der Waals surface area contributed by atoms with Crippen LogP contribution in [0.25, 0.3) is 0 Å². The summed E-state index contributed by atoms with van der Waals surface area (Å²) in [6.45, 7) is 8.89. The maximum Gasteiger partial charge on any atom is 0.241 e. The zero-order valence-electron chi connectivity index (χ0n) is 13.3. The fraction of sp³-hybridized carbons (Fsp3) is 0.625. The number of hydrogen-bond acceptors (Lipinski definition) is 4. The van der Waals surface area contributed by atoms with Gasteiger partial charge < -0.3 is 15.8 Å². The highest BCUT2D eigenvalue weighted by molar-refractivity contribution is 5.88. The second-order valence-electron chi connectivity index (χ2n) is 6.29. The lowest BCUT2D eigenvalue weighted by Crippen LogP contribution is -2.75. The molecule has 0 aliphatic heterocycles. The van der Waals surface area contributed by atoms with E-state index in [0.29, 0.717) is 19.6 Å². The van der Waals surface area contributed by atoms with Gasteiger partial charge in [0.25, 0.3) is 0 Å². The highest BCUT2D eigenvalue weighted by atomic mass is 16.5. The van der Waals surface area contributed by atoms with Crippen molar-refractivity contribution in [2.24, 2.45) is 11.1 Å². The van der Waals surface area contributed by atoms with Gasteiger partial charge in [0.15, 0.2) is 0 Å². The third-order valence-electron chi connectivity index (χ3n) is 4.61. The molecule has 2 unspecified atom stereocenters. The molecule has 1 aliphatic rings. The van der Waals surface area contributed by atoms with E-state index in [1.807, 2.05) is 45.9 Å². The van der Waals surface area contributed by atoms with Crippen molar-refractivity contribution in [2.45, 2.75) is 52.3 Å². The summed E-state index contributed by atoms with van der Waals surface area (Å²) in [5, 5.41) is 2.90. The van der Waals surface area contributed by atoms with Crippen LogP contribution >= 0.6 is 0 Å². The molecule has 2 atom stereocenters. The molecule has 0 aromatic carbocycles. The summed E-state index contributed by atoms with van der Waals surface area (Å²) in [5.41, 5.74) is 6.85. The fourth-order valence-electron chi connectivity index (χ4n) is 2.85. The number of ether oxygens (including phenoxy) is 1. The van der Waals surface area contributed by atoms with Crippen LogP contribution in [0.15, 0.2) is 18.2 Å². The minimum absolute atomic E-state index is 0.0374. The Balaban J connectivity index is 1.98. The van der Waals surface area contributed by atoms with Crippen LogP contribution in [0.5, 0.6) is 0 Å². The average Bonchev–Trinajstić information content (AvgIpc) is 2.44. The van der Waals surface area contributed by atoms with Crippen LogP contribution in [0.2, 0.25) is 0 Å². The molecule has 1 aromatic heterocycles. The van der Waals surface area contributed by atoms with Crippen LogP contribution in [0.4, 0.5) is 0 Å². The molecule has 0 saturated heterocycles. The molecule has 1 aromatic rings. The second-order valence-corrected chi connectivity index (χ2v) is 6.29. The van der Waals surface area contributed by atoms with E-state index in [-0.39, 0.29) is 17.4 Å². The molecule has 1 saturated carbocycles. The number of carbonyl (C=O) groups excluding carboxylic acids is 1. The van der Waals surface area contributed by atoms with E-state index in [1.54, 1.807) is 0 Å². The number of hydrogen-bond donors (Lipinski definition) is 2. The molecule has 3 N–H and O–H groups in total. The molecule has 0 spiro atoms. The molecule has 5 nitrogen and oxygen atoms in total. The van der Waals surface area contributed by atoms with E-state index in [9.17, 15) is 4.79 Å². The van der Waals surface area contributed by atoms with E-state index in [0.717, 1.165) is 11.4 Å². The molecule has 2 rings (SSSR count). The number of nitrogens with zero attached hydrogens (tertiary/aromatic N) is 1. The number of nitrogens with two attached hydrogens (primary N) is 1. The van der Waals surface area contributed by atoms with Crippen molar-refractivity contribution in [3.63, 3.8) is 0 Å². The van der Waals surface area contributed by atoms with E-state index < -0.39 is 5.54 Å². The van der Waals surface area contributed by atoms with Crippen molar-refractivity contribution in [1.82, 2.24) is 10.3 Å². The maximum atomic E-state index is 12.5. The SMILES string of the molecule is CCOC1CC(N)(C(=O)NCc2cccc(C)n2)C1(C)C. The molecule has 0 bridgehead atoms.